The molecule has 1 nitrogen and oxygen atoms in total. The SMILES string of the molecule is CCNC(c1ccc(C)cc1)c1cc(I)ccc1Br. The van der Waals surface area contributed by atoms with E-state index in [-0.39, 0.29) is 6.04 Å². The lowest BCUT2D eigenvalue weighted by atomic mass is 9.98. The van der Waals surface area contributed by atoms with Crippen LogP contribution in [0.2, 0.25) is 0 Å². The summed E-state index contributed by atoms with van der Waals surface area (Å²) in [5, 5.41) is 3.57. The third kappa shape index (κ3) is 3.80. The van der Waals surface area contributed by atoms with E-state index in [4.69, 9.17) is 0 Å². The molecule has 2 rings (SSSR count). The number of hydrogen-bond donors (Lipinski definition) is 1. The fourth-order valence-electron chi connectivity index (χ4n) is 2.11. The van der Waals surface area contributed by atoms with E-state index in [9.17, 15) is 0 Å². The molecule has 1 N–H and O–H groups in total. The molecule has 0 radical (unpaired) electrons. The highest BCUT2D eigenvalue weighted by atomic mass is 127. The van der Waals surface area contributed by atoms with E-state index in [2.05, 4.69) is 100 Å². The number of hydrogen-bond acceptors (Lipinski definition) is 1. The summed E-state index contributed by atoms with van der Waals surface area (Å²) in [5.74, 6) is 0. The second-order valence-corrected chi connectivity index (χ2v) is 6.67. The van der Waals surface area contributed by atoms with Crippen LogP contribution in [0, 0.1) is 10.5 Å². The Bertz CT molecular complexity index is 551. The average Bonchev–Trinajstić information content (AvgIpc) is 2.40. The summed E-state index contributed by atoms with van der Waals surface area (Å²) in [6.45, 7) is 5.20. The molecule has 0 bridgehead atoms. The van der Waals surface area contributed by atoms with Gasteiger partial charge < -0.3 is 5.32 Å². The van der Waals surface area contributed by atoms with Gasteiger partial charge in [-0.15, -0.1) is 0 Å². The van der Waals surface area contributed by atoms with Crippen molar-refractivity contribution in [3.05, 3.63) is 67.2 Å². The van der Waals surface area contributed by atoms with E-state index >= 15 is 0 Å². The van der Waals surface area contributed by atoms with Gasteiger partial charge in [0.15, 0.2) is 0 Å². The molecule has 0 aliphatic rings. The van der Waals surface area contributed by atoms with Gasteiger partial charge in [0, 0.05) is 8.04 Å². The topological polar surface area (TPSA) is 12.0 Å². The monoisotopic (exact) mass is 429 g/mol. The van der Waals surface area contributed by atoms with Crippen LogP contribution in [0.15, 0.2) is 46.9 Å². The van der Waals surface area contributed by atoms with Crippen molar-refractivity contribution < 1.29 is 0 Å². The van der Waals surface area contributed by atoms with Crippen molar-refractivity contribution in [1.82, 2.24) is 5.32 Å². The van der Waals surface area contributed by atoms with E-state index in [1.54, 1.807) is 0 Å². The average molecular weight is 430 g/mol. The lowest BCUT2D eigenvalue weighted by Crippen LogP contribution is -2.22. The van der Waals surface area contributed by atoms with E-state index in [0.717, 1.165) is 11.0 Å². The maximum atomic E-state index is 3.67. The van der Waals surface area contributed by atoms with Gasteiger partial charge >= 0.3 is 0 Å². The van der Waals surface area contributed by atoms with Gasteiger partial charge in [0.25, 0.3) is 0 Å². The van der Waals surface area contributed by atoms with Crippen LogP contribution < -0.4 is 5.32 Å². The predicted octanol–water partition coefficient (Wildman–Crippen LogP) is 5.06. The summed E-state index contributed by atoms with van der Waals surface area (Å²) in [6.07, 6.45) is 0. The normalized spacial score (nSPS) is 12.4. The molecule has 1 unspecified atom stereocenters. The molecule has 100 valence electrons. The lowest BCUT2D eigenvalue weighted by Gasteiger charge is -2.21. The van der Waals surface area contributed by atoms with E-state index in [0.29, 0.717) is 0 Å². The van der Waals surface area contributed by atoms with Crippen LogP contribution in [0.5, 0.6) is 0 Å². The predicted molar refractivity (Wildman–Crippen MR) is 93.6 cm³/mol. The quantitative estimate of drug-likeness (QED) is 0.669. The van der Waals surface area contributed by atoms with E-state index in [1.165, 1.54) is 20.3 Å². The van der Waals surface area contributed by atoms with Crippen molar-refractivity contribution in [3.8, 4) is 0 Å². The van der Waals surface area contributed by atoms with Gasteiger partial charge in [-0.3, -0.25) is 0 Å². The van der Waals surface area contributed by atoms with Crippen LogP contribution in [0.25, 0.3) is 0 Å². The summed E-state index contributed by atoms with van der Waals surface area (Å²) < 4.78 is 2.41. The summed E-state index contributed by atoms with van der Waals surface area (Å²) in [6, 6.07) is 15.4. The van der Waals surface area contributed by atoms with Crippen molar-refractivity contribution in [3.63, 3.8) is 0 Å². The van der Waals surface area contributed by atoms with Crippen LogP contribution >= 0.6 is 38.5 Å². The van der Waals surface area contributed by atoms with E-state index < -0.39 is 0 Å². The third-order valence-electron chi connectivity index (χ3n) is 3.09. The Balaban J connectivity index is 2.44. The maximum absolute atomic E-state index is 3.67. The maximum Gasteiger partial charge on any atom is 0.0588 e. The molecule has 1 atom stereocenters. The van der Waals surface area contributed by atoms with Crippen molar-refractivity contribution in [1.29, 1.82) is 0 Å². The molecule has 3 heteroatoms. The molecule has 0 aliphatic heterocycles. The van der Waals surface area contributed by atoms with Gasteiger partial charge in [-0.2, -0.15) is 0 Å². The first-order valence-corrected chi connectivity index (χ1v) is 8.24. The second-order valence-electron chi connectivity index (χ2n) is 4.57. The Morgan fingerprint density at radius 2 is 1.84 bits per heavy atom. The summed E-state index contributed by atoms with van der Waals surface area (Å²) >= 11 is 6.03. The zero-order valence-corrected chi connectivity index (χ0v) is 14.8. The molecule has 0 amide bonds. The minimum absolute atomic E-state index is 0.231. The lowest BCUT2D eigenvalue weighted by molar-refractivity contribution is 0.628. The zero-order valence-electron chi connectivity index (χ0n) is 11.1. The molecule has 0 heterocycles. The summed E-state index contributed by atoms with van der Waals surface area (Å²) in [4.78, 5) is 0. The Morgan fingerprint density at radius 3 is 2.47 bits per heavy atom. The molecule has 2 aromatic carbocycles. The van der Waals surface area contributed by atoms with Crippen LogP contribution in [-0.2, 0) is 0 Å². The Hall–Kier alpha value is -0.390. The molecule has 0 saturated carbocycles. The number of rotatable bonds is 4. The molecular formula is C16H17BrIN. The van der Waals surface area contributed by atoms with E-state index in [1.807, 2.05) is 0 Å². The first kappa shape index (κ1) is 15.0. The minimum Gasteiger partial charge on any atom is -0.306 e. The van der Waals surface area contributed by atoms with Gasteiger partial charge in [-0.25, -0.2) is 0 Å². The molecule has 0 aromatic heterocycles. The highest BCUT2D eigenvalue weighted by molar-refractivity contribution is 14.1. The number of benzene rings is 2. The standard InChI is InChI=1S/C16H17BrIN/c1-3-19-16(12-6-4-11(2)5-7-12)14-10-13(18)8-9-15(14)17/h4-10,16,19H,3H2,1-2H3. The Morgan fingerprint density at radius 1 is 1.16 bits per heavy atom. The van der Waals surface area contributed by atoms with Crippen molar-refractivity contribution in [2.24, 2.45) is 0 Å². The molecule has 0 saturated heterocycles. The highest BCUT2D eigenvalue weighted by Crippen LogP contribution is 2.30. The minimum atomic E-state index is 0.231. The summed E-state index contributed by atoms with van der Waals surface area (Å²) in [5.41, 5.74) is 3.88. The van der Waals surface area contributed by atoms with Gasteiger partial charge in [0.05, 0.1) is 6.04 Å². The fraction of sp³-hybridized carbons (Fsp3) is 0.250. The first-order valence-electron chi connectivity index (χ1n) is 6.36. The van der Waals surface area contributed by atoms with Crippen LogP contribution in [0.1, 0.15) is 29.7 Å². The Kier molecular flexibility index (Phi) is 5.42. The molecule has 19 heavy (non-hydrogen) atoms. The van der Waals surface area contributed by atoms with Crippen LogP contribution in [0.3, 0.4) is 0 Å². The van der Waals surface area contributed by atoms with Gasteiger partial charge in [-0.05, 0) is 65.4 Å². The molecule has 0 aliphatic carbocycles. The smallest absolute Gasteiger partial charge is 0.0588 e. The fourth-order valence-corrected chi connectivity index (χ4v) is 3.10. The number of halogens is 2. The van der Waals surface area contributed by atoms with Crippen molar-refractivity contribution in [2.75, 3.05) is 6.54 Å². The third-order valence-corrected chi connectivity index (χ3v) is 4.48. The van der Waals surface area contributed by atoms with Crippen molar-refractivity contribution in [2.45, 2.75) is 19.9 Å². The van der Waals surface area contributed by atoms with Gasteiger partial charge in [0.2, 0.25) is 0 Å². The Labute approximate surface area is 137 Å². The van der Waals surface area contributed by atoms with Crippen LogP contribution in [0.4, 0.5) is 0 Å². The number of nitrogens with one attached hydrogen (secondary N) is 1. The molecule has 0 spiro atoms. The molecule has 2 aromatic rings. The first-order chi connectivity index (χ1) is 9.11. The molecular weight excluding hydrogens is 413 g/mol. The summed E-state index contributed by atoms with van der Waals surface area (Å²) in [7, 11) is 0. The second kappa shape index (κ2) is 6.86. The largest absolute Gasteiger partial charge is 0.306 e. The van der Waals surface area contributed by atoms with Crippen LogP contribution in [-0.4, -0.2) is 6.54 Å². The highest BCUT2D eigenvalue weighted by Gasteiger charge is 2.15. The van der Waals surface area contributed by atoms with Crippen molar-refractivity contribution >= 4 is 38.5 Å². The van der Waals surface area contributed by atoms with Gasteiger partial charge in [-0.1, -0.05) is 52.7 Å². The zero-order chi connectivity index (χ0) is 13.8. The van der Waals surface area contributed by atoms with Gasteiger partial charge in [0.1, 0.15) is 0 Å². The molecule has 0 fully saturated rings. The number of aryl methyl sites for hydroxylation is 1.